The Morgan fingerprint density at radius 2 is 2.00 bits per heavy atom. The summed E-state index contributed by atoms with van der Waals surface area (Å²) in [7, 11) is 0. The van der Waals surface area contributed by atoms with Crippen molar-refractivity contribution >= 4 is 17.6 Å². The van der Waals surface area contributed by atoms with Gasteiger partial charge in [0.15, 0.2) is 5.65 Å². The van der Waals surface area contributed by atoms with Crippen molar-refractivity contribution in [3.05, 3.63) is 29.2 Å². The molecule has 8 nitrogen and oxygen atoms in total. The molecule has 2 aliphatic heterocycles. The third-order valence-electron chi connectivity index (χ3n) is 5.26. The van der Waals surface area contributed by atoms with Gasteiger partial charge in [-0.2, -0.15) is 5.10 Å². The van der Waals surface area contributed by atoms with Crippen molar-refractivity contribution < 1.29 is 14.3 Å². The quantitative estimate of drug-likeness (QED) is 0.819. The number of aromatic nitrogens is 3. The van der Waals surface area contributed by atoms with E-state index in [9.17, 15) is 9.59 Å². The van der Waals surface area contributed by atoms with E-state index in [4.69, 9.17) is 4.74 Å². The van der Waals surface area contributed by atoms with Crippen molar-refractivity contribution in [3.8, 4) is 0 Å². The molecule has 0 spiro atoms. The van der Waals surface area contributed by atoms with Gasteiger partial charge in [-0.25, -0.2) is 14.3 Å². The first kappa shape index (κ1) is 16.8. The third-order valence-corrected chi connectivity index (χ3v) is 5.26. The topological polar surface area (TPSA) is 80.0 Å². The molecule has 2 aliphatic rings. The van der Waals surface area contributed by atoms with Crippen molar-refractivity contribution in [1.82, 2.24) is 24.4 Å². The number of nitrogens with zero attached hydrogens (tertiary/aromatic N) is 5. The Morgan fingerprint density at radius 1 is 1.27 bits per heavy atom. The fourth-order valence-electron chi connectivity index (χ4n) is 3.85. The Hall–Kier alpha value is -2.64. The summed E-state index contributed by atoms with van der Waals surface area (Å²) in [5.74, 6) is -0.0270. The fourth-order valence-corrected chi connectivity index (χ4v) is 3.85. The molecule has 2 amide bonds. The normalized spacial score (nSPS) is 21.5. The Morgan fingerprint density at radius 3 is 2.65 bits per heavy atom. The van der Waals surface area contributed by atoms with E-state index >= 15 is 0 Å². The summed E-state index contributed by atoms with van der Waals surface area (Å²) in [5, 5.41) is 4.41. The Labute approximate surface area is 151 Å². The van der Waals surface area contributed by atoms with Gasteiger partial charge < -0.3 is 14.5 Å². The highest BCUT2D eigenvalue weighted by molar-refractivity contribution is 5.95. The zero-order valence-corrected chi connectivity index (χ0v) is 15.3. The lowest BCUT2D eigenvalue weighted by Gasteiger charge is -2.35. The van der Waals surface area contributed by atoms with Crippen LogP contribution in [0.25, 0.3) is 5.65 Å². The van der Waals surface area contributed by atoms with Crippen molar-refractivity contribution in [2.45, 2.75) is 45.8 Å². The van der Waals surface area contributed by atoms with E-state index in [1.807, 2.05) is 31.7 Å². The molecule has 0 bridgehead atoms. The number of carbonyl (C=O) groups is 2. The minimum absolute atomic E-state index is 0.0270. The molecule has 0 aromatic carbocycles. The zero-order chi connectivity index (χ0) is 18.4. The number of amides is 2. The van der Waals surface area contributed by atoms with Gasteiger partial charge in [0.05, 0.1) is 23.5 Å². The summed E-state index contributed by atoms with van der Waals surface area (Å²) in [5.41, 5.74) is 3.00. The fraction of sp³-hybridized carbons (Fsp3) is 0.556. The van der Waals surface area contributed by atoms with Crippen LogP contribution in [0, 0.1) is 13.8 Å². The number of piperidine rings is 1. The molecule has 1 atom stereocenters. The molecule has 0 N–H and O–H groups in total. The van der Waals surface area contributed by atoms with Crippen LogP contribution in [0.3, 0.4) is 0 Å². The van der Waals surface area contributed by atoms with Crippen LogP contribution in [0.5, 0.6) is 0 Å². The van der Waals surface area contributed by atoms with Gasteiger partial charge in [-0.3, -0.25) is 4.79 Å². The Kier molecular flexibility index (Phi) is 4.05. The number of ether oxygens (including phenoxy) is 1. The average molecular weight is 357 g/mol. The Bertz CT molecular complexity index is 869. The number of aryl methyl sites for hydroxylation is 2. The number of hydrogen-bond donors (Lipinski definition) is 0. The molecule has 4 heterocycles. The molecular formula is C18H23N5O3. The van der Waals surface area contributed by atoms with Crippen LogP contribution in [0.1, 0.15) is 41.5 Å². The van der Waals surface area contributed by atoms with E-state index in [2.05, 4.69) is 10.1 Å². The second-order valence-corrected chi connectivity index (χ2v) is 7.18. The summed E-state index contributed by atoms with van der Waals surface area (Å²) in [4.78, 5) is 32.9. The van der Waals surface area contributed by atoms with Crippen molar-refractivity contribution in [3.63, 3.8) is 0 Å². The predicted octanol–water partition coefficient (Wildman–Crippen LogP) is 1.79. The Balaban J connectivity index is 1.47. The van der Waals surface area contributed by atoms with Gasteiger partial charge in [-0.05, 0) is 33.6 Å². The second kappa shape index (κ2) is 6.26. The summed E-state index contributed by atoms with van der Waals surface area (Å²) >= 11 is 0. The van der Waals surface area contributed by atoms with Crippen molar-refractivity contribution in [2.24, 2.45) is 0 Å². The van der Waals surface area contributed by atoms with E-state index in [0.717, 1.165) is 29.9 Å². The van der Waals surface area contributed by atoms with Gasteiger partial charge in [0.1, 0.15) is 6.10 Å². The number of fused-ring (bicyclic) bond motifs is 1. The molecular weight excluding hydrogens is 334 g/mol. The maximum Gasteiger partial charge on any atom is 0.410 e. The van der Waals surface area contributed by atoms with E-state index in [0.29, 0.717) is 25.2 Å². The standard InChI is InChI=1S/C18H23N5O3/c1-11-8-16-19-9-15(13(3)23(16)20-11)17(24)21-6-4-14(5-7-21)22-10-12(2)26-18(22)25/h8-9,12,14H,4-7,10H2,1-3H3. The molecule has 0 saturated carbocycles. The first-order valence-electron chi connectivity index (χ1n) is 9.02. The molecule has 1 unspecified atom stereocenters. The molecule has 0 radical (unpaired) electrons. The summed E-state index contributed by atoms with van der Waals surface area (Å²) in [6.45, 7) is 7.58. The number of carbonyl (C=O) groups excluding carboxylic acids is 2. The number of rotatable bonds is 2. The molecule has 2 aromatic rings. The molecule has 4 rings (SSSR count). The minimum atomic E-state index is -0.234. The lowest BCUT2D eigenvalue weighted by Crippen LogP contribution is -2.47. The third kappa shape index (κ3) is 2.79. The highest BCUT2D eigenvalue weighted by atomic mass is 16.6. The van der Waals surface area contributed by atoms with Crippen LogP contribution in [0.4, 0.5) is 4.79 Å². The molecule has 26 heavy (non-hydrogen) atoms. The predicted molar refractivity (Wildman–Crippen MR) is 94.0 cm³/mol. The number of hydrogen-bond acceptors (Lipinski definition) is 5. The monoisotopic (exact) mass is 357 g/mol. The van der Waals surface area contributed by atoms with Crippen LogP contribution >= 0.6 is 0 Å². The van der Waals surface area contributed by atoms with Gasteiger partial charge in [0, 0.05) is 31.4 Å². The summed E-state index contributed by atoms with van der Waals surface area (Å²) in [6, 6.07) is 2.04. The summed E-state index contributed by atoms with van der Waals surface area (Å²) in [6.07, 6.45) is 2.88. The van der Waals surface area contributed by atoms with Gasteiger partial charge in [0.2, 0.25) is 0 Å². The van der Waals surface area contributed by atoms with E-state index in [1.165, 1.54) is 0 Å². The number of likely N-dealkylation sites (tertiary alicyclic amines) is 1. The minimum Gasteiger partial charge on any atom is -0.444 e. The molecule has 0 aliphatic carbocycles. The van der Waals surface area contributed by atoms with Crippen LogP contribution < -0.4 is 0 Å². The van der Waals surface area contributed by atoms with Crippen LogP contribution in [-0.4, -0.2) is 68.2 Å². The molecule has 2 fully saturated rings. The molecule has 8 heteroatoms. The largest absolute Gasteiger partial charge is 0.444 e. The van der Waals surface area contributed by atoms with Crippen LogP contribution in [-0.2, 0) is 4.74 Å². The molecule has 2 aromatic heterocycles. The second-order valence-electron chi connectivity index (χ2n) is 7.18. The zero-order valence-electron chi connectivity index (χ0n) is 15.3. The lowest BCUT2D eigenvalue weighted by atomic mass is 10.0. The highest BCUT2D eigenvalue weighted by Crippen LogP contribution is 2.24. The lowest BCUT2D eigenvalue weighted by molar-refractivity contribution is 0.0656. The first-order valence-corrected chi connectivity index (χ1v) is 9.02. The van der Waals surface area contributed by atoms with E-state index in [1.54, 1.807) is 15.6 Å². The van der Waals surface area contributed by atoms with Crippen LogP contribution in [0.15, 0.2) is 12.3 Å². The van der Waals surface area contributed by atoms with Crippen LogP contribution in [0.2, 0.25) is 0 Å². The van der Waals surface area contributed by atoms with Gasteiger partial charge in [-0.1, -0.05) is 0 Å². The first-order chi connectivity index (χ1) is 12.4. The van der Waals surface area contributed by atoms with Gasteiger partial charge in [0.25, 0.3) is 5.91 Å². The van der Waals surface area contributed by atoms with E-state index < -0.39 is 0 Å². The highest BCUT2D eigenvalue weighted by Gasteiger charge is 2.36. The van der Waals surface area contributed by atoms with Crippen molar-refractivity contribution in [1.29, 1.82) is 0 Å². The molecule has 2 saturated heterocycles. The van der Waals surface area contributed by atoms with Gasteiger partial charge >= 0.3 is 6.09 Å². The van der Waals surface area contributed by atoms with Gasteiger partial charge in [-0.15, -0.1) is 0 Å². The maximum absolute atomic E-state index is 13.0. The van der Waals surface area contributed by atoms with E-state index in [-0.39, 0.29) is 24.1 Å². The summed E-state index contributed by atoms with van der Waals surface area (Å²) < 4.78 is 6.94. The average Bonchev–Trinajstić information content (AvgIpc) is 3.16. The molecule has 138 valence electrons. The van der Waals surface area contributed by atoms with Crippen molar-refractivity contribution in [2.75, 3.05) is 19.6 Å². The maximum atomic E-state index is 13.0. The number of cyclic esters (lactones) is 1. The SMILES string of the molecule is Cc1cc2ncc(C(=O)N3CCC(N4CC(C)OC4=O)CC3)c(C)n2n1. The smallest absolute Gasteiger partial charge is 0.410 e.